The van der Waals surface area contributed by atoms with Crippen LogP contribution in [0.5, 0.6) is 0 Å². The first kappa shape index (κ1) is 23.0. The van der Waals surface area contributed by atoms with E-state index in [4.69, 9.17) is 4.74 Å². The van der Waals surface area contributed by atoms with Crippen molar-refractivity contribution in [3.8, 4) is 0 Å². The van der Waals surface area contributed by atoms with Gasteiger partial charge in [0.1, 0.15) is 12.4 Å². The van der Waals surface area contributed by atoms with Crippen molar-refractivity contribution in [3.63, 3.8) is 0 Å². The summed E-state index contributed by atoms with van der Waals surface area (Å²) in [7, 11) is 0. The molecule has 33 heavy (non-hydrogen) atoms. The summed E-state index contributed by atoms with van der Waals surface area (Å²) in [4.78, 5) is 29.9. The number of hydrogen-bond acceptors (Lipinski definition) is 3. The first-order valence-corrected chi connectivity index (χ1v) is 11.5. The van der Waals surface area contributed by atoms with E-state index in [1.807, 2.05) is 35.4 Å². The lowest BCUT2D eigenvalue weighted by atomic mass is 9.93. The maximum absolute atomic E-state index is 12.9. The van der Waals surface area contributed by atoms with Crippen molar-refractivity contribution in [1.82, 2.24) is 15.2 Å². The number of fused-ring (bicyclic) bond motifs is 1. The Morgan fingerprint density at radius 2 is 1.85 bits per heavy atom. The molecule has 1 fully saturated rings. The van der Waals surface area contributed by atoms with Crippen LogP contribution in [0.3, 0.4) is 0 Å². The molecule has 7 heteroatoms. The number of benzene rings is 2. The van der Waals surface area contributed by atoms with Crippen LogP contribution in [0.25, 0.3) is 10.9 Å². The Kier molecular flexibility index (Phi) is 7.73. The fourth-order valence-corrected chi connectivity index (χ4v) is 4.33. The number of ether oxygens (including phenoxy) is 1. The molecule has 174 valence electrons. The van der Waals surface area contributed by atoms with Crippen LogP contribution in [-0.2, 0) is 27.4 Å². The van der Waals surface area contributed by atoms with Crippen molar-refractivity contribution in [2.75, 3.05) is 26.2 Å². The van der Waals surface area contributed by atoms with Gasteiger partial charge in [-0.2, -0.15) is 0 Å². The summed E-state index contributed by atoms with van der Waals surface area (Å²) in [5, 5.41) is 4.01. The lowest BCUT2D eigenvalue weighted by molar-refractivity contribution is -0.131. The number of aromatic amines is 1. The van der Waals surface area contributed by atoms with E-state index < -0.39 is 0 Å². The Labute approximate surface area is 193 Å². The maximum Gasteiger partial charge on any atom is 0.246 e. The molecule has 0 radical (unpaired) electrons. The number of halogens is 1. The summed E-state index contributed by atoms with van der Waals surface area (Å²) in [6.45, 7) is 2.39. The number of nitrogens with zero attached hydrogens (tertiary/aromatic N) is 1. The molecule has 0 bridgehead atoms. The molecular formula is C26H30FN3O3. The number of likely N-dealkylation sites (tertiary alicyclic amines) is 1. The summed E-state index contributed by atoms with van der Waals surface area (Å²) in [5.41, 5.74) is 2.93. The zero-order valence-electron chi connectivity index (χ0n) is 18.7. The van der Waals surface area contributed by atoms with E-state index in [1.54, 1.807) is 12.1 Å². The van der Waals surface area contributed by atoms with Crippen LogP contribution in [0.15, 0.2) is 54.7 Å². The van der Waals surface area contributed by atoms with E-state index in [1.165, 1.54) is 12.1 Å². The number of para-hydroxylation sites is 1. The fraction of sp³-hybridized carbons (Fsp3) is 0.385. The van der Waals surface area contributed by atoms with Crippen LogP contribution in [0, 0.1) is 11.7 Å². The molecule has 2 amide bonds. The highest BCUT2D eigenvalue weighted by Crippen LogP contribution is 2.23. The summed E-state index contributed by atoms with van der Waals surface area (Å²) >= 11 is 0. The third-order valence-electron chi connectivity index (χ3n) is 6.27. The molecule has 0 spiro atoms. The minimum Gasteiger partial charge on any atom is -0.367 e. The van der Waals surface area contributed by atoms with E-state index in [0.717, 1.165) is 54.4 Å². The Bertz CT molecular complexity index is 1070. The molecule has 1 saturated heterocycles. The van der Waals surface area contributed by atoms with Gasteiger partial charge in [-0.15, -0.1) is 0 Å². The number of piperidine rings is 1. The van der Waals surface area contributed by atoms with Crippen LogP contribution in [0.4, 0.5) is 4.39 Å². The summed E-state index contributed by atoms with van der Waals surface area (Å²) in [5.74, 6) is 0.233. The molecule has 0 unspecified atom stereocenters. The van der Waals surface area contributed by atoms with Crippen LogP contribution in [-0.4, -0.2) is 47.9 Å². The minimum atomic E-state index is -0.291. The zero-order valence-corrected chi connectivity index (χ0v) is 18.7. The molecule has 3 aromatic rings. The smallest absolute Gasteiger partial charge is 0.246 e. The first-order chi connectivity index (χ1) is 16.1. The number of aromatic nitrogens is 1. The number of rotatable bonds is 9. The number of nitrogens with one attached hydrogen (secondary N) is 2. The number of amides is 2. The molecular weight excluding hydrogens is 421 g/mol. The average Bonchev–Trinajstić information content (AvgIpc) is 3.23. The van der Waals surface area contributed by atoms with Gasteiger partial charge < -0.3 is 19.9 Å². The van der Waals surface area contributed by atoms with Gasteiger partial charge in [-0.1, -0.05) is 30.3 Å². The molecule has 6 nitrogen and oxygen atoms in total. The Morgan fingerprint density at radius 3 is 2.64 bits per heavy atom. The number of H-pyrrole nitrogens is 1. The number of carbonyl (C=O) groups is 2. The van der Waals surface area contributed by atoms with Crippen LogP contribution >= 0.6 is 0 Å². The van der Waals surface area contributed by atoms with Gasteiger partial charge in [0.05, 0.1) is 13.0 Å². The van der Waals surface area contributed by atoms with Gasteiger partial charge in [0.15, 0.2) is 0 Å². The lowest BCUT2D eigenvalue weighted by Gasteiger charge is -2.32. The van der Waals surface area contributed by atoms with E-state index in [0.29, 0.717) is 18.9 Å². The van der Waals surface area contributed by atoms with Gasteiger partial charge in [0, 0.05) is 36.7 Å². The quantitative estimate of drug-likeness (QED) is 0.520. The second-order valence-electron chi connectivity index (χ2n) is 8.62. The lowest BCUT2D eigenvalue weighted by Crippen LogP contribution is -2.40. The topological polar surface area (TPSA) is 74.4 Å². The van der Waals surface area contributed by atoms with E-state index in [-0.39, 0.29) is 30.8 Å². The van der Waals surface area contributed by atoms with Gasteiger partial charge in [0.2, 0.25) is 11.8 Å². The molecule has 1 aliphatic rings. The second kappa shape index (κ2) is 11.1. The largest absolute Gasteiger partial charge is 0.367 e. The monoisotopic (exact) mass is 451 g/mol. The van der Waals surface area contributed by atoms with E-state index in [2.05, 4.69) is 10.3 Å². The normalized spacial score (nSPS) is 14.5. The molecule has 1 aliphatic heterocycles. The highest BCUT2D eigenvalue weighted by molar-refractivity contribution is 5.88. The Morgan fingerprint density at radius 1 is 1.09 bits per heavy atom. The van der Waals surface area contributed by atoms with E-state index in [9.17, 15) is 14.0 Å². The van der Waals surface area contributed by atoms with Crippen LogP contribution < -0.4 is 5.32 Å². The van der Waals surface area contributed by atoms with Crippen molar-refractivity contribution < 1.29 is 18.7 Å². The van der Waals surface area contributed by atoms with Gasteiger partial charge >= 0.3 is 0 Å². The third kappa shape index (κ3) is 6.42. The summed E-state index contributed by atoms with van der Waals surface area (Å²) in [6.07, 6.45) is 5.16. The predicted molar refractivity (Wildman–Crippen MR) is 125 cm³/mol. The van der Waals surface area contributed by atoms with Crippen molar-refractivity contribution >= 4 is 22.7 Å². The van der Waals surface area contributed by atoms with Crippen molar-refractivity contribution in [1.29, 1.82) is 0 Å². The van der Waals surface area contributed by atoms with Gasteiger partial charge in [-0.25, -0.2) is 4.39 Å². The van der Waals surface area contributed by atoms with Crippen molar-refractivity contribution in [2.45, 2.75) is 32.3 Å². The average molecular weight is 452 g/mol. The van der Waals surface area contributed by atoms with Gasteiger partial charge in [-0.3, -0.25) is 9.59 Å². The SMILES string of the molecule is O=C(COCc1ccc(F)cc1)NCCC1CCN(C(=O)Cc2c[nH]c3ccccc23)CC1. The molecule has 4 rings (SSSR count). The first-order valence-electron chi connectivity index (χ1n) is 11.5. The molecule has 2 heterocycles. The van der Waals surface area contributed by atoms with Crippen molar-refractivity contribution in [3.05, 3.63) is 71.7 Å². The third-order valence-corrected chi connectivity index (χ3v) is 6.27. The van der Waals surface area contributed by atoms with E-state index >= 15 is 0 Å². The number of carbonyl (C=O) groups excluding carboxylic acids is 2. The Balaban J connectivity index is 1.11. The number of hydrogen-bond donors (Lipinski definition) is 2. The fourth-order valence-electron chi connectivity index (χ4n) is 4.33. The predicted octanol–water partition coefficient (Wildman–Crippen LogP) is 3.81. The molecule has 0 atom stereocenters. The highest BCUT2D eigenvalue weighted by atomic mass is 19.1. The van der Waals surface area contributed by atoms with Gasteiger partial charge in [-0.05, 0) is 54.5 Å². The second-order valence-corrected chi connectivity index (χ2v) is 8.62. The van der Waals surface area contributed by atoms with Crippen LogP contribution in [0.2, 0.25) is 0 Å². The Hall–Kier alpha value is -3.19. The maximum atomic E-state index is 12.9. The van der Waals surface area contributed by atoms with Crippen molar-refractivity contribution in [2.24, 2.45) is 5.92 Å². The molecule has 2 N–H and O–H groups in total. The summed E-state index contributed by atoms with van der Waals surface area (Å²) in [6, 6.07) is 14.1. The van der Waals surface area contributed by atoms with Gasteiger partial charge in [0.25, 0.3) is 0 Å². The summed E-state index contributed by atoms with van der Waals surface area (Å²) < 4.78 is 18.3. The minimum absolute atomic E-state index is 0.0157. The van der Waals surface area contributed by atoms with Crippen LogP contribution in [0.1, 0.15) is 30.4 Å². The molecule has 1 aromatic heterocycles. The molecule has 0 saturated carbocycles. The molecule has 2 aromatic carbocycles. The standard InChI is InChI=1S/C26H30FN3O3/c27-22-7-5-20(6-8-22)17-33-18-25(31)28-12-9-19-10-13-30(14-11-19)26(32)15-21-16-29-24-4-2-1-3-23(21)24/h1-8,16,19,29H,9-15,17-18H2,(H,28,31). The zero-order chi connectivity index (χ0) is 23.0. The molecule has 0 aliphatic carbocycles. The highest BCUT2D eigenvalue weighted by Gasteiger charge is 2.23.